The van der Waals surface area contributed by atoms with Crippen LogP contribution in [0.15, 0.2) is 48.5 Å². The Morgan fingerprint density at radius 3 is 2.54 bits per heavy atom. The summed E-state index contributed by atoms with van der Waals surface area (Å²) in [5, 5.41) is 0. The summed E-state index contributed by atoms with van der Waals surface area (Å²) in [5.41, 5.74) is 3.71. The summed E-state index contributed by atoms with van der Waals surface area (Å²) >= 11 is 0. The first kappa shape index (κ1) is 18.4. The molecule has 1 aliphatic rings. The standard InChI is InChI=1S/C21H25NO4/c1-24-15-18-10-19(8-9-20(18)21(23)25-2)22-11-17(12-22)14-26-13-16-6-4-3-5-7-16/h3-10,17H,11-15H2,1-2H3. The molecule has 1 heterocycles. The Morgan fingerprint density at radius 1 is 1.08 bits per heavy atom. The molecule has 2 aromatic rings. The third kappa shape index (κ3) is 4.42. The lowest BCUT2D eigenvalue weighted by atomic mass is 9.98. The van der Waals surface area contributed by atoms with Gasteiger partial charge in [0.15, 0.2) is 0 Å². The quantitative estimate of drug-likeness (QED) is 0.680. The summed E-state index contributed by atoms with van der Waals surface area (Å²) < 4.78 is 15.9. The molecule has 2 aromatic carbocycles. The van der Waals surface area contributed by atoms with Crippen LogP contribution < -0.4 is 4.90 Å². The van der Waals surface area contributed by atoms with Crippen molar-refractivity contribution in [3.8, 4) is 0 Å². The normalized spacial score (nSPS) is 14.2. The van der Waals surface area contributed by atoms with E-state index in [1.165, 1.54) is 12.7 Å². The van der Waals surface area contributed by atoms with Crippen molar-refractivity contribution >= 4 is 11.7 Å². The fourth-order valence-electron chi connectivity index (χ4n) is 3.16. The largest absolute Gasteiger partial charge is 0.465 e. The van der Waals surface area contributed by atoms with Crippen molar-refractivity contribution in [2.75, 3.05) is 38.8 Å². The second kappa shape index (κ2) is 8.83. The Labute approximate surface area is 154 Å². The predicted molar refractivity (Wildman–Crippen MR) is 100 cm³/mol. The lowest BCUT2D eigenvalue weighted by molar-refractivity contribution is 0.0596. The lowest BCUT2D eigenvalue weighted by Gasteiger charge is -2.41. The third-order valence-corrected chi connectivity index (χ3v) is 4.58. The summed E-state index contributed by atoms with van der Waals surface area (Å²) in [7, 11) is 3.01. The zero-order valence-corrected chi connectivity index (χ0v) is 15.3. The Morgan fingerprint density at radius 2 is 1.85 bits per heavy atom. The summed E-state index contributed by atoms with van der Waals surface area (Å²) in [5.74, 6) is 0.198. The van der Waals surface area contributed by atoms with Crippen LogP contribution in [0.3, 0.4) is 0 Å². The molecule has 0 amide bonds. The van der Waals surface area contributed by atoms with Crippen LogP contribution in [0, 0.1) is 5.92 Å². The number of rotatable bonds is 8. The van der Waals surface area contributed by atoms with E-state index in [1.54, 1.807) is 7.11 Å². The van der Waals surface area contributed by atoms with Crippen LogP contribution in [0.1, 0.15) is 21.5 Å². The van der Waals surface area contributed by atoms with Crippen LogP contribution in [-0.2, 0) is 27.4 Å². The van der Waals surface area contributed by atoms with Gasteiger partial charge in [0, 0.05) is 31.8 Å². The minimum atomic E-state index is -0.334. The van der Waals surface area contributed by atoms with Gasteiger partial charge in [-0.15, -0.1) is 0 Å². The molecule has 0 radical (unpaired) electrons. The SMILES string of the molecule is COCc1cc(N2CC(COCc3ccccc3)C2)ccc1C(=O)OC. The second-order valence-corrected chi connectivity index (χ2v) is 6.54. The van der Waals surface area contributed by atoms with E-state index in [0.717, 1.165) is 30.9 Å². The number of methoxy groups -OCH3 is 2. The number of benzene rings is 2. The number of nitrogens with zero attached hydrogens (tertiary/aromatic N) is 1. The van der Waals surface area contributed by atoms with Gasteiger partial charge in [0.25, 0.3) is 0 Å². The van der Waals surface area contributed by atoms with E-state index in [0.29, 0.717) is 24.7 Å². The van der Waals surface area contributed by atoms with Crippen molar-refractivity contribution in [2.24, 2.45) is 5.92 Å². The highest BCUT2D eigenvalue weighted by Crippen LogP contribution is 2.28. The van der Waals surface area contributed by atoms with Gasteiger partial charge < -0.3 is 19.1 Å². The molecule has 0 spiro atoms. The van der Waals surface area contributed by atoms with Gasteiger partial charge in [-0.25, -0.2) is 4.79 Å². The number of ether oxygens (including phenoxy) is 3. The average molecular weight is 355 g/mol. The van der Waals surface area contributed by atoms with Gasteiger partial charge in [0.05, 0.1) is 32.5 Å². The Bertz CT molecular complexity index is 726. The topological polar surface area (TPSA) is 48.0 Å². The molecule has 0 atom stereocenters. The lowest BCUT2D eigenvalue weighted by Crippen LogP contribution is -2.48. The first-order valence-electron chi connectivity index (χ1n) is 8.78. The van der Waals surface area contributed by atoms with Gasteiger partial charge in [-0.05, 0) is 29.3 Å². The summed E-state index contributed by atoms with van der Waals surface area (Å²) in [6.07, 6.45) is 0. The van der Waals surface area contributed by atoms with E-state index >= 15 is 0 Å². The molecular weight excluding hydrogens is 330 g/mol. The minimum Gasteiger partial charge on any atom is -0.465 e. The molecule has 26 heavy (non-hydrogen) atoms. The van der Waals surface area contributed by atoms with Crippen molar-refractivity contribution in [3.05, 3.63) is 65.2 Å². The van der Waals surface area contributed by atoms with E-state index in [-0.39, 0.29) is 5.97 Å². The fraction of sp³-hybridized carbons (Fsp3) is 0.381. The first-order valence-corrected chi connectivity index (χ1v) is 8.78. The maximum Gasteiger partial charge on any atom is 0.338 e. The predicted octanol–water partition coefficient (Wildman–Crippen LogP) is 3.27. The van der Waals surface area contributed by atoms with Gasteiger partial charge in [-0.1, -0.05) is 30.3 Å². The second-order valence-electron chi connectivity index (χ2n) is 6.54. The van der Waals surface area contributed by atoms with Gasteiger partial charge in [0.2, 0.25) is 0 Å². The first-order chi connectivity index (χ1) is 12.7. The molecule has 0 aliphatic carbocycles. The average Bonchev–Trinajstić information content (AvgIpc) is 2.64. The molecule has 3 rings (SSSR count). The number of hydrogen-bond donors (Lipinski definition) is 0. The Balaban J connectivity index is 1.51. The van der Waals surface area contributed by atoms with E-state index in [1.807, 2.05) is 36.4 Å². The highest BCUT2D eigenvalue weighted by molar-refractivity contribution is 5.91. The third-order valence-electron chi connectivity index (χ3n) is 4.58. The van der Waals surface area contributed by atoms with Crippen molar-refractivity contribution in [2.45, 2.75) is 13.2 Å². The van der Waals surface area contributed by atoms with Crippen molar-refractivity contribution < 1.29 is 19.0 Å². The van der Waals surface area contributed by atoms with E-state index in [9.17, 15) is 4.79 Å². The zero-order chi connectivity index (χ0) is 18.4. The van der Waals surface area contributed by atoms with Crippen LogP contribution >= 0.6 is 0 Å². The monoisotopic (exact) mass is 355 g/mol. The molecule has 0 bridgehead atoms. The van der Waals surface area contributed by atoms with Gasteiger partial charge >= 0.3 is 5.97 Å². The van der Waals surface area contributed by atoms with E-state index < -0.39 is 0 Å². The smallest absolute Gasteiger partial charge is 0.338 e. The molecule has 0 aromatic heterocycles. The number of carbonyl (C=O) groups excluding carboxylic acids is 1. The Hall–Kier alpha value is -2.37. The fourth-order valence-corrected chi connectivity index (χ4v) is 3.16. The van der Waals surface area contributed by atoms with Crippen molar-refractivity contribution in [3.63, 3.8) is 0 Å². The van der Waals surface area contributed by atoms with Crippen LogP contribution in [0.2, 0.25) is 0 Å². The van der Waals surface area contributed by atoms with Crippen molar-refractivity contribution in [1.29, 1.82) is 0 Å². The minimum absolute atomic E-state index is 0.334. The van der Waals surface area contributed by atoms with Crippen LogP contribution in [0.25, 0.3) is 0 Å². The molecule has 1 aliphatic heterocycles. The number of esters is 1. The maximum absolute atomic E-state index is 11.9. The summed E-state index contributed by atoms with van der Waals surface area (Å²) in [6, 6.07) is 16.0. The van der Waals surface area contributed by atoms with Gasteiger partial charge in [-0.2, -0.15) is 0 Å². The highest BCUT2D eigenvalue weighted by Gasteiger charge is 2.27. The molecule has 1 saturated heterocycles. The molecule has 1 fully saturated rings. The molecule has 0 unspecified atom stereocenters. The number of hydrogen-bond acceptors (Lipinski definition) is 5. The zero-order valence-electron chi connectivity index (χ0n) is 15.3. The van der Waals surface area contributed by atoms with Crippen LogP contribution in [0.4, 0.5) is 5.69 Å². The number of anilines is 1. The summed E-state index contributed by atoms with van der Waals surface area (Å²) in [4.78, 5) is 14.1. The Kier molecular flexibility index (Phi) is 6.26. The maximum atomic E-state index is 11.9. The molecule has 5 heteroatoms. The van der Waals surface area contributed by atoms with Crippen molar-refractivity contribution in [1.82, 2.24) is 0 Å². The van der Waals surface area contributed by atoms with Crippen LogP contribution in [0.5, 0.6) is 0 Å². The summed E-state index contributed by atoms with van der Waals surface area (Å²) in [6.45, 7) is 3.72. The molecule has 5 nitrogen and oxygen atoms in total. The van der Waals surface area contributed by atoms with Gasteiger partial charge in [-0.3, -0.25) is 0 Å². The highest BCUT2D eigenvalue weighted by atomic mass is 16.5. The molecule has 0 saturated carbocycles. The molecular formula is C21H25NO4. The number of carbonyl (C=O) groups is 1. The van der Waals surface area contributed by atoms with E-state index in [4.69, 9.17) is 14.2 Å². The molecule has 138 valence electrons. The van der Waals surface area contributed by atoms with E-state index in [2.05, 4.69) is 17.0 Å². The van der Waals surface area contributed by atoms with Crippen LogP contribution in [-0.4, -0.2) is 39.9 Å². The molecule has 0 N–H and O–H groups in total. The van der Waals surface area contributed by atoms with Gasteiger partial charge in [0.1, 0.15) is 0 Å².